The molecule has 44 heavy (non-hydrogen) atoms. The molecular formula is C42H28N2. The van der Waals surface area contributed by atoms with Gasteiger partial charge < -0.3 is 9.13 Å². The maximum Gasteiger partial charge on any atom is 0.0645 e. The fourth-order valence-corrected chi connectivity index (χ4v) is 5.84. The van der Waals surface area contributed by atoms with Crippen molar-refractivity contribution in [2.45, 2.75) is 0 Å². The smallest absolute Gasteiger partial charge is 0.0645 e. The summed E-state index contributed by atoms with van der Waals surface area (Å²) in [5, 5.41) is 2.51. The zero-order chi connectivity index (χ0) is 44.7. The molecule has 9 aromatic rings. The van der Waals surface area contributed by atoms with Gasteiger partial charge in [-0.25, -0.2) is 0 Å². The lowest BCUT2D eigenvalue weighted by Gasteiger charge is -2.10. The molecule has 9 rings (SSSR count). The largest absolute Gasteiger partial charge is 0.309 e. The Bertz CT molecular complexity index is 3400. The minimum absolute atomic E-state index is 0.0593. The van der Waals surface area contributed by atoms with Crippen molar-refractivity contribution in [2.75, 3.05) is 0 Å². The van der Waals surface area contributed by atoms with E-state index in [9.17, 15) is 5.48 Å². The second-order valence-corrected chi connectivity index (χ2v) is 10.0. The van der Waals surface area contributed by atoms with Crippen LogP contribution in [0.4, 0.5) is 0 Å². The summed E-state index contributed by atoms with van der Waals surface area (Å²) in [5.74, 6) is 0. The Morgan fingerprint density at radius 1 is 0.341 bits per heavy atom. The second-order valence-electron chi connectivity index (χ2n) is 10.0. The Morgan fingerprint density at radius 3 is 1.23 bits per heavy atom. The van der Waals surface area contributed by atoms with Crippen molar-refractivity contribution >= 4 is 43.6 Å². The van der Waals surface area contributed by atoms with Crippen molar-refractivity contribution in [3.8, 4) is 33.6 Å². The number of aromatic nitrogens is 2. The highest BCUT2D eigenvalue weighted by Gasteiger charge is 2.20. The van der Waals surface area contributed by atoms with Gasteiger partial charge in [-0.15, -0.1) is 0 Å². The summed E-state index contributed by atoms with van der Waals surface area (Å²) in [6, 6.07) is 5.74. The molecule has 7 aromatic carbocycles. The van der Waals surface area contributed by atoms with E-state index in [0.29, 0.717) is 43.6 Å². The van der Waals surface area contributed by atoms with Crippen LogP contribution in [-0.2, 0) is 0 Å². The van der Waals surface area contributed by atoms with E-state index >= 15 is 0 Å². The van der Waals surface area contributed by atoms with Crippen molar-refractivity contribution in [3.63, 3.8) is 0 Å². The normalized spacial score (nSPS) is 17.4. The minimum Gasteiger partial charge on any atom is -0.309 e. The van der Waals surface area contributed by atoms with Gasteiger partial charge >= 0.3 is 0 Å². The highest BCUT2D eigenvalue weighted by atomic mass is 15.0. The third kappa shape index (κ3) is 3.75. The summed E-state index contributed by atoms with van der Waals surface area (Å²) in [7, 11) is 0. The van der Waals surface area contributed by atoms with Crippen LogP contribution in [-0.4, -0.2) is 9.13 Å². The fraction of sp³-hybridized carbons (Fsp3) is 0. The molecule has 0 unspecified atom stereocenters. The zero-order valence-electron chi connectivity index (χ0n) is 40.7. The number of nitrogens with zero attached hydrogens (tertiary/aromatic N) is 2. The van der Waals surface area contributed by atoms with Gasteiger partial charge in [0.2, 0.25) is 0 Å². The molecule has 206 valence electrons. The average Bonchev–Trinajstić information content (AvgIpc) is 3.77. The Hall–Kier alpha value is -5.86. The number of hydrogen-bond acceptors (Lipinski definition) is 0. The van der Waals surface area contributed by atoms with Crippen LogP contribution >= 0.6 is 0 Å². The summed E-state index contributed by atoms with van der Waals surface area (Å²) >= 11 is 0. The lowest BCUT2D eigenvalue weighted by molar-refractivity contribution is 1.17. The molecule has 0 amide bonds. The van der Waals surface area contributed by atoms with Crippen LogP contribution < -0.4 is 0 Å². The molecule has 0 radical (unpaired) electrons. The molecule has 2 aromatic heterocycles. The first kappa shape index (κ1) is 12.8. The van der Waals surface area contributed by atoms with Crippen molar-refractivity contribution < 1.29 is 24.7 Å². The third-order valence-corrected chi connectivity index (χ3v) is 7.64. The maximum atomic E-state index is 9.38. The van der Waals surface area contributed by atoms with Gasteiger partial charge in [-0.3, -0.25) is 0 Å². The molecule has 2 heterocycles. The molecular weight excluding hydrogens is 532 g/mol. The average molecular weight is 579 g/mol. The van der Waals surface area contributed by atoms with Crippen molar-refractivity contribution in [1.82, 2.24) is 9.13 Å². The molecule has 0 N–H and O–H groups in total. The molecule has 0 aliphatic heterocycles. The van der Waals surface area contributed by atoms with E-state index in [1.54, 1.807) is 57.7 Å². The van der Waals surface area contributed by atoms with Crippen LogP contribution in [0, 0.1) is 0 Å². The molecule has 0 aliphatic carbocycles. The SMILES string of the molecule is [2H]c1c([2H])c([2H])c(-c2c([2H])c([2H])c(-c3c([2H])c([2H])c(-n4c5ccccc5c5c6c7ccccc7n(-c7c([2H])c([2H])c([2H])c([2H])c7[2H])c6ccc54)c([2H])c3[2H])c([2H])c2[2H])c([2H])c1[2H]. The maximum absolute atomic E-state index is 9.38. The predicted molar refractivity (Wildman–Crippen MR) is 186 cm³/mol. The second kappa shape index (κ2) is 9.86. The predicted octanol–water partition coefficient (Wildman–Crippen LogP) is 11.2. The number of hydrogen-bond donors (Lipinski definition) is 0. The number of para-hydroxylation sites is 3. The van der Waals surface area contributed by atoms with Gasteiger partial charge in [0.25, 0.3) is 0 Å². The van der Waals surface area contributed by atoms with Gasteiger partial charge in [-0.2, -0.15) is 0 Å². The molecule has 0 spiro atoms. The first-order valence-electron chi connectivity index (χ1n) is 22.7. The Morgan fingerprint density at radius 2 is 0.727 bits per heavy atom. The molecule has 0 fully saturated rings. The third-order valence-electron chi connectivity index (χ3n) is 7.64. The van der Waals surface area contributed by atoms with E-state index < -0.39 is 131 Å². The number of rotatable bonds is 4. The first-order valence-corrected chi connectivity index (χ1v) is 13.7. The number of fused-ring (bicyclic) bond motifs is 7. The molecule has 0 aliphatic rings. The molecule has 0 bridgehead atoms. The van der Waals surface area contributed by atoms with Crippen LogP contribution in [0.15, 0.2) is 169 Å². The lowest BCUT2D eigenvalue weighted by Crippen LogP contribution is -1.94. The van der Waals surface area contributed by atoms with Crippen LogP contribution in [0.25, 0.3) is 77.2 Å². The zero-order valence-corrected chi connectivity index (χ0v) is 22.7. The Labute approximate surface area is 281 Å². The topological polar surface area (TPSA) is 9.86 Å². The Kier molecular flexibility index (Phi) is 2.87. The van der Waals surface area contributed by atoms with E-state index in [-0.39, 0.29) is 11.4 Å². The van der Waals surface area contributed by atoms with E-state index in [1.807, 2.05) is 12.1 Å². The standard InChI is InChI=1S/C42H28N2/c1-3-11-29(12-4-1)30-19-21-31(22-20-30)32-23-25-34(26-24-32)44-38-18-10-8-16-36(38)42-40(44)28-27-39-41(42)35-15-7-9-17-37(35)43(39)33-13-5-2-6-14-33/h1-28H/i1D,2D,3D,4D,5D,6D,11D,12D,13D,14D,19D,20D,21D,22D,23D,24D,25D,26D. The summed E-state index contributed by atoms with van der Waals surface area (Å²) in [5.41, 5.74) is -0.600. The van der Waals surface area contributed by atoms with Crippen molar-refractivity contribution in [3.05, 3.63) is 169 Å². The van der Waals surface area contributed by atoms with E-state index in [4.69, 9.17) is 19.2 Å². The van der Waals surface area contributed by atoms with E-state index in [2.05, 4.69) is 0 Å². The van der Waals surface area contributed by atoms with E-state index in [1.165, 1.54) is 0 Å². The summed E-state index contributed by atoms with van der Waals surface area (Å²) in [6.45, 7) is 0. The van der Waals surface area contributed by atoms with Gasteiger partial charge in [0.05, 0.1) is 46.7 Å². The first-order chi connectivity index (χ1) is 29.3. The van der Waals surface area contributed by atoms with Crippen molar-refractivity contribution in [1.29, 1.82) is 0 Å². The molecule has 0 saturated carbocycles. The summed E-state index contributed by atoms with van der Waals surface area (Å²) in [6.07, 6.45) is 0. The van der Waals surface area contributed by atoms with Gasteiger partial charge in [-0.05, 0) is 70.7 Å². The van der Waals surface area contributed by atoms with Crippen LogP contribution in [0.1, 0.15) is 24.7 Å². The van der Waals surface area contributed by atoms with Gasteiger partial charge in [0.15, 0.2) is 0 Å². The molecule has 0 atom stereocenters. The number of benzene rings is 7. The highest BCUT2D eigenvalue weighted by molar-refractivity contribution is 6.28. The lowest BCUT2D eigenvalue weighted by atomic mass is 10.0. The van der Waals surface area contributed by atoms with Gasteiger partial charge in [0, 0.05) is 32.9 Å². The molecule has 0 saturated heterocycles. The van der Waals surface area contributed by atoms with Crippen LogP contribution in [0.5, 0.6) is 0 Å². The summed E-state index contributed by atoms with van der Waals surface area (Å²) < 4.78 is 160. The van der Waals surface area contributed by atoms with Gasteiger partial charge in [0.1, 0.15) is 0 Å². The Balaban J connectivity index is 1.34. The minimum atomic E-state index is -0.811. The van der Waals surface area contributed by atoms with Crippen LogP contribution in [0.3, 0.4) is 0 Å². The van der Waals surface area contributed by atoms with E-state index in [0.717, 1.165) is 0 Å². The summed E-state index contributed by atoms with van der Waals surface area (Å²) in [4.78, 5) is 0. The molecule has 2 nitrogen and oxygen atoms in total. The quantitative estimate of drug-likeness (QED) is 0.197. The highest BCUT2D eigenvalue weighted by Crippen LogP contribution is 2.42. The monoisotopic (exact) mass is 578 g/mol. The van der Waals surface area contributed by atoms with Crippen LogP contribution in [0.2, 0.25) is 0 Å². The molecule has 2 heteroatoms. The van der Waals surface area contributed by atoms with Gasteiger partial charge in [-0.1, -0.05) is 121 Å². The fourth-order valence-electron chi connectivity index (χ4n) is 5.84. The van der Waals surface area contributed by atoms with Crippen molar-refractivity contribution in [2.24, 2.45) is 0 Å².